The van der Waals surface area contributed by atoms with E-state index in [0.29, 0.717) is 18.4 Å². The minimum atomic E-state index is 0.175. The van der Waals surface area contributed by atoms with Crippen LogP contribution in [0.25, 0.3) is 10.9 Å². The van der Waals surface area contributed by atoms with Gasteiger partial charge in [0, 0.05) is 42.6 Å². The number of piperidine rings is 1. The van der Waals surface area contributed by atoms with Crippen molar-refractivity contribution in [2.75, 3.05) is 19.6 Å². The van der Waals surface area contributed by atoms with Gasteiger partial charge in [-0.1, -0.05) is 23.4 Å². The zero-order chi connectivity index (χ0) is 17.2. The van der Waals surface area contributed by atoms with Gasteiger partial charge in [0.05, 0.1) is 6.54 Å². The van der Waals surface area contributed by atoms with Gasteiger partial charge in [-0.3, -0.25) is 9.69 Å². The van der Waals surface area contributed by atoms with Crippen molar-refractivity contribution < 1.29 is 9.32 Å². The van der Waals surface area contributed by atoms with Crippen molar-refractivity contribution in [1.82, 2.24) is 20.0 Å². The number of Topliss-reactive ketones (excluding diaryl/α,β-unsaturated/α-hetero) is 1. The first-order chi connectivity index (χ1) is 12.2. The Bertz CT molecular complexity index is 882. The zero-order valence-corrected chi connectivity index (χ0v) is 14.4. The second-order valence-corrected chi connectivity index (χ2v) is 6.85. The molecule has 3 aromatic rings. The summed E-state index contributed by atoms with van der Waals surface area (Å²) in [6, 6.07) is 7.94. The average Bonchev–Trinajstić information content (AvgIpc) is 3.21. The number of aromatic amines is 1. The number of hydrogen-bond donors (Lipinski definition) is 1. The predicted octanol–water partition coefficient (Wildman–Crippen LogP) is 3.00. The highest BCUT2D eigenvalue weighted by molar-refractivity contribution is 6.08. The number of hydrogen-bond acceptors (Lipinski definition) is 5. The van der Waals surface area contributed by atoms with Crippen LogP contribution in [0.4, 0.5) is 0 Å². The van der Waals surface area contributed by atoms with Gasteiger partial charge in [-0.05, 0) is 31.4 Å². The normalized spacial score (nSPS) is 18.7. The van der Waals surface area contributed by atoms with E-state index in [2.05, 4.69) is 20.0 Å². The minimum absolute atomic E-state index is 0.175. The Hall–Kier alpha value is -2.47. The van der Waals surface area contributed by atoms with Gasteiger partial charge in [-0.15, -0.1) is 0 Å². The molecule has 130 valence electrons. The topological polar surface area (TPSA) is 75.0 Å². The third kappa shape index (κ3) is 3.49. The molecule has 0 spiro atoms. The fourth-order valence-electron chi connectivity index (χ4n) is 3.73. The van der Waals surface area contributed by atoms with Crippen molar-refractivity contribution in [2.24, 2.45) is 5.92 Å². The van der Waals surface area contributed by atoms with Gasteiger partial charge >= 0.3 is 0 Å². The van der Waals surface area contributed by atoms with E-state index in [1.807, 2.05) is 37.4 Å². The number of fused-ring (bicyclic) bond motifs is 1. The third-order valence-corrected chi connectivity index (χ3v) is 4.90. The standard InChI is InChI=1S/C19H22N4O2/c1-13-21-19(22-25-13)9-14-5-4-8-23(11-14)12-18(24)16-10-20-17-7-3-2-6-15(16)17/h2-3,6-7,10,14,20H,4-5,8-9,11-12H2,1H3/t14-/m0/s1. The Morgan fingerprint density at radius 1 is 1.40 bits per heavy atom. The molecule has 1 aromatic carbocycles. The van der Waals surface area contributed by atoms with Crippen LogP contribution in [0.2, 0.25) is 0 Å². The van der Waals surface area contributed by atoms with Crippen LogP contribution in [0, 0.1) is 12.8 Å². The van der Waals surface area contributed by atoms with Gasteiger partial charge in [-0.2, -0.15) is 4.98 Å². The molecule has 6 heteroatoms. The van der Waals surface area contributed by atoms with Gasteiger partial charge in [-0.25, -0.2) is 0 Å². The fraction of sp³-hybridized carbons (Fsp3) is 0.421. The lowest BCUT2D eigenvalue weighted by atomic mass is 9.94. The predicted molar refractivity (Wildman–Crippen MR) is 94.5 cm³/mol. The number of ketones is 1. The number of aromatic nitrogens is 3. The molecule has 0 radical (unpaired) electrons. The van der Waals surface area contributed by atoms with Crippen LogP contribution in [0.15, 0.2) is 35.0 Å². The van der Waals surface area contributed by atoms with Crippen molar-refractivity contribution in [2.45, 2.75) is 26.2 Å². The summed E-state index contributed by atoms with van der Waals surface area (Å²) in [6.07, 6.45) is 4.89. The van der Waals surface area contributed by atoms with Gasteiger partial charge in [0.1, 0.15) is 0 Å². The van der Waals surface area contributed by atoms with Crippen LogP contribution in [-0.2, 0) is 6.42 Å². The Kier molecular flexibility index (Phi) is 4.36. The van der Waals surface area contributed by atoms with E-state index in [0.717, 1.165) is 54.6 Å². The molecule has 25 heavy (non-hydrogen) atoms. The summed E-state index contributed by atoms with van der Waals surface area (Å²) in [5.41, 5.74) is 1.79. The Labute approximate surface area is 146 Å². The van der Waals surface area contributed by atoms with E-state index < -0.39 is 0 Å². The monoisotopic (exact) mass is 338 g/mol. The van der Waals surface area contributed by atoms with Gasteiger partial charge < -0.3 is 9.51 Å². The Morgan fingerprint density at radius 3 is 3.12 bits per heavy atom. The molecule has 0 aliphatic carbocycles. The second kappa shape index (κ2) is 6.80. The first-order valence-electron chi connectivity index (χ1n) is 8.80. The van der Waals surface area contributed by atoms with E-state index in [4.69, 9.17) is 4.52 Å². The maximum Gasteiger partial charge on any atom is 0.223 e. The van der Waals surface area contributed by atoms with Crippen molar-refractivity contribution in [1.29, 1.82) is 0 Å². The number of carbonyl (C=O) groups excluding carboxylic acids is 1. The maximum absolute atomic E-state index is 12.8. The Balaban J connectivity index is 1.41. The highest BCUT2D eigenvalue weighted by atomic mass is 16.5. The highest BCUT2D eigenvalue weighted by Crippen LogP contribution is 2.22. The molecule has 1 atom stereocenters. The summed E-state index contributed by atoms with van der Waals surface area (Å²) in [6.45, 7) is 4.14. The Morgan fingerprint density at radius 2 is 2.28 bits per heavy atom. The average molecular weight is 338 g/mol. The number of para-hydroxylation sites is 1. The van der Waals surface area contributed by atoms with Crippen LogP contribution in [0.5, 0.6) is 0 Å². The van der Waals surface area contributed by atoms with Crippen molar-refractivity contribution in [3.8, 4) is 0 Å². The molecular formula is C19H22N4O2. The molecule has 4 rings (SSSR count). The van der Waals surface area contributed by atoms with Crippen LogP contribution >= 0.6 is 0 Å². The summed E-state index contributed by atoms with van der Waals surface area (Å²) in [5, 5.41) is 5.00. The number of carbonyl (C=O) groups is 1. The lowest BCUT2D eigenvalue weighted by Crippen LogP contribution is -2.39. The summed E-state index contributed by atoms with van der Waals surface area (Å²) < 4.78 is 5.05. The molecule has 1 aliphatic rings. The van der Waals surface area contributed by atoms with E-state index in [-0.39, 0.29) is 5.78 Å². The van der Waals surface area contributed by atoms with Gasteiger partial charge in [0.2, 0.25) is 5.89 Å². The summed E-state index contributed by atoms with van der Waals surface area (Å²) in [7, 11) is 0. The van der Waals surface area contributed by atoms with Crippen LogP contribution < -0.4 is 0 Å². The first-order valence-corrected chi connectivity index (χ1v) is 8.80. The lowest BCUT2D eigenvalue weighted by molar-refractivity contribution is 0.0887. The molecule has 1 aliphatic heterocycles. The van der Waals surface area contributed by atoms with Crippen molar-refractivity contribution in [3.63, 3.8) is 0 Å². The molecule has 0 amide bonds. The molecule has 0 bridgehead atoms. The lowest BCUT2D eigenvalue weighted by Gasteiger charge is -2.31. The number of benzene rings is 1. The molecule has 1 saturated heterocycles. The van der Waals surface area contributed by atoms with Gasteiger partial charge in [0.15, 0.2) is 11.6 Å². The largest absolute Gasteiger partial charge is 0.360 e. The van der Waals surface area contributed by atoms with Crippen LogP contribution in [0.1, 0.15) is 34.9 Å². The molecule has 2 aromatic heterocycles. The zero-order valence-electron chi connectivity index (χ0n) is 14.4. The fourth-order valence-corrected chi connectivity index (χ4v) is 3.73. The summed E-state index contributed by atoms with van der Waals surface area (Å²) >= 11 is 0. The number of nitrogens with one attached hydrogen (secondary N) is 1. The van der Waals surface area contributed by atoms with Crippen LogP contribution in [0.3, 0.4) is 0 Å². The molecule has 0 saturated carbocycles. The molecule has 0 unspecified atom stereocenters. The molecule has 6 nitrogen and oxygen atoms in total. The van der Waals surface area contributed by atoms with Crippen molar-refractivity contribution >= 4 is 16.7 Å². The van der Waals surface area contributed by atoms with E-state index in [1.54, 1.807) is 0 Å². The van der Waals surface area contributed by atoms with Gasteiger partial charge in [0.25, 0.3) is 0 Å². The van der Waals surface area contributed by atoms with Crippen LogP contribution in [-0.4, -0.2) is 45.4 Å². The molecule has 1 fully saturated rings. The molecule has 3 heterocycles. The summed E-state index contributed by atoms with van der Waals surface area (Å²) in [5.74, 6) is 2.03. The van der Waals surface area contributed by atoms with E-state index in [1.165, 1.54) is 0 Å². The number of likely N-dealkylation sites (tertiary alicyclic amines) is 1. The third-order valence-electron chi connectivity index (χ3n) is 4.90. The second-order valence-electron chi connectivity index (χ2n) is 6.85. The quantitative estimate of drug-likeness (QED) is 0.724. The smallest absolute Gasteiger partial charge is 0.223 e. The van der Waals surface area contributed by atoms with Crippen molar-refractivity contribution in [3.05, 3.63) is 47.7 Å². The maximum atomic E-state index is 12.8. The summed E-state index contributed by atoms with van der Waals surface area (Å²) in [4.78, 5) is 22.5. The van der Waals surface area contributed by atoms with E-state index in [9.17, 15) is 4.79 Å². The molecular weight excluding hydrogens is 316 g/mol. The first kappa shape index (κ1) is 16.0. The van der Waals surface area contributed by atoms with E-state index >= 15 is 0 Å². The number of nitrogens with zero attached hydrogens (tertiary/aromatic N) is 3. The SMILES string of the molecule is Cc1nc(C[C@@H]2CCCN(CC(=O)c3c[nH]c4ccccc34)C2)no1. The number of rotatable bonds is 5. The highest BCUT2D eigenvalue weighted by Gasteiger charge is 2.24. The minimum Gasteiger partial charge on any atom is -0.360 e. The number of H-pyrrole nitrogens is 1. The molecule has 1 N–H and O–H groups in total. The number of aryl methyl sites for hydroxylation is 1.